The second-order valence-corrected chi connectivity index (χ2v) is 6.05. The van der Waals surface area contributed by atoms with E-state index in [-0.39, 0.29) is 5.56 Å². The van der Waals surface area contributed by atoms with Crippen molar-refractivity contribution in [3.8, 4) is 0 Å². The largest absolute Gasteiger partial charge is 0.342 e. The molecule has 1 saturated heterocycles. The van der Waals surface area contributed by atoms with Crippen molar-refractivity contribution in [3.05, 3.63) is 32.4 Å². The fraction of sp³-hybridized carbons (Fsp3) is 0.462. The van der Waals surface area contributed by atoms with Gasteiger partial charge in [0.2, 0.25) is 0 Å². The second kappa shape index (κ2) is 5.05. The molecule has 0 unspecified atom stereocenters. The predicted molar refractivity (Wildman–Crippen MR) is 80.9 cm³/mol. The number of rotatable bonds is 2. The van der Waals surface area contributed by atoms with Crippen LogP contribution < -0.4 is 10.9 Å². The van der Waals surface area contributed by atoms with E-state index >= 15 is 0 Å². The van der Waals surface area contributed by atoms with Gasteiger partial charge in [0.15, 0.2) is 0 Å². The minimum absolute atomic E-state index is 0.0179. The van der Waals surface area contributed by atoms with Crippen molar-refractivity contribution in [1.82, 2.24) is 14.9 Å². The van der Waals surface area contributed by atoms with Gasteiger partial charge < -0.3 is 14.9 Å². The first-order valence-corrected chi connectivity index (χ1v) is 7.40. The topological polar surface area (TPSA) is 49.8 Å². The van der Waals surface area contributed by atoms with Crippen LogP contribution in [0.3, 0.4) is 0 Å². The molecule has 0 bridgehead atoms. The molecule has 2 aromatic rings. The highest BCUT2D eigenvalue weighted by atomic mass is 127. The summed E-state index contributed by atoms with van der Waals surface area (Å²) in [4.78, 5) is 14.7. The van der Waals surface area contributed by atoms with Gasteiger partial charge in [-0.3, -0.25) is 4.79 Å². The van der Waals surface area contributed by atoms with Crippen LogP contribution in [0.1, 0.15) is 12.8 Å². The van der Waals surface area contributed by atoms with Crippen LogP contribution in [0.5, 0.6) is 0 Å². The first-order chi connectivity index (χ1) is 8.75. The zero-order valence-electron chi connectivity index (χ0n) is 10.1. The van der Waals surface area contributed by atoms with Gasteiger partial charge in [0, 0.05) is 27.9 Å². The number of pyridine rings is 1. The molecule has 0 aliphatic carbocycles. The molecule has 2 N–H and O–H groups in total. The summed E-state index contributed by atoms with van der Waals surface area (Å²) in [6.45, 7) is 3.14. The Morgan fingerprint density at radius 2 is 2.17 bits per heavy atom. The quantitative estimate of drug-likeness (QED) is 0.808. The Bertz CT molecular complexity index is 610. The lowest BCUT2D eigenvalue weighted by atomic mass is 9.98. The van der Waals surface area contributed by atoms with E-state index < -0.39 is 0 Å². The molecule has 96 valence electrons. The summed E-state index contributed by atoms with van der Waals surface area (Å²) >= 11 is 2.30. The fourth-order valence-corrected chi connectivity index (χ4v) is 3.48. The molecule has 4 nitrogen and oxygen atoms in total. The summed E-state index contributed by atoms with van der Waals surface area (Å²) in [5, 5.41) is 4.44. The van der Waals surface area contributed by atoms with E-state index in [1.54, 1.807) is 6.20 Å². The van der Waals surface area contributed by atoms with Crippen molar-refractivity contribution in [2.75, 3.05) is 13.1 Å². The molecular weight excluding hydrogens is 341 g/mol. The molecule has 2 aromatic heterocycles. The number of aromatic nitrogens is 2. The van der Waals surface area contributed by atoms with E-state index in [1.807, 2.05) is 6.07 Å². The van der Waals surface area contributed by atoms with Crippen LogP contribution in [-0.2, 0) is 6.54 Å². The van der Waals surface area contributed by atoms with Gasteiger partial charge in [-0.25, -0.2) is 0 Å². The van der Waals surface area contributed by atoms with Gasteiger partial charge in [-0.1, -0.05) is 0 Å². The zero-order chi connectivity index (χ0) is 12.5. The zero-order valence-corrected chi connectivity index (χ0v) is 12.2. The summed E-state index contributed by atoms with van der Waals surface area (Å²) in [5.74, 6) is 0.678. The standard InChI is InChI=1S/C13H16IN3O/c14-11-8-17(7-9-1-4-15-5-2-9)12-10(11)3-6-16-13(12)18/h3,6,8-9,15H,1-2,4-5,7H2,(H,16,18). The number of nitrogens with zero attached hydrogens (tertiary/aromatic N) is 1. The number of fused-ring (bicyclic) bond motifs is 1. The maximum Gasteiger partial charge on any atom is 0.272 e. The molecule has 0 atom stereocenters. The maximum atomic E-state index is 12.0. The highest BCUT2D eigenvalue weighted by Gasteiger charge is 2.16. The van der Waals surface area contributed by atoms with Crippen molar-refractivity contribution in [3.63, 3.8) is 0 Å². The van der Waals surface area contributed by atoms with Crippen LogP contribution in [0.15, 0.2) is 23.3 Å². The van der Waals surface area contributed by atoms with Gasteiger partial charge in [-0.15, -0.1) is 0 Å². The third-order valence-electron chi connectivity index (χ3n) is 3.66. The van der Waals surface area contributed by atoms with E-state index in [0.717, 1.165) is 34.1 Å². The van der Waals surface area contributed by atoms with Crippen molar-refractivity contribution in [2.45, 2.75) is 19.4 Å². The Balaban J connectivity index is 1.98. The predicted octanol–water partition coefficient (Wildman–Crippen LogP) is 1.93. The number of aromatic amines is 1. The van der Waals surface area contributed by atoms with E-state index in [1.165, 1.54) is 12.8 Å². The molecule has 1 aliphatic heterocycles. The lowest BCUT2D eigenvalue weighted by molar-refractivity contribution is 0.336. The van der Waals surface area contributed by atoms with Crippen LogP contribution in [-0.4, -0.2) is 22.6 Å². The molecule has 0 amide bonds. The van der Waals surface area contributed by atoms with Crippen molar-refractivity contribution < 1.29 is 0 Å². The lowest BCUT2D eigenvalue weighted by Gasteiger charge is -2.23. The van der Waals surface area contributed by atoms with Crippen LogP contribution in [0.4, 0.5) is 0 Å². The molecular formula is C13H16IN3O. The first kappa shape index (κ1) is 12.2. The summed E-state index contributed by atoms with van der Waals surface area (Å²) in [6.07, 6.45) is 6.21. The SMILES string of the molecule is O=c1[nH]ccc2c(I)cn(CC3CCNCC3)c12. The minimum Gasteiger partial charge on any atom is -0.342 e. The molecule has 0 spiro atoms. The number of hydrogen-bond donors (Lipinski definition) is 2. The monoisotopic (exact) mass is 357 g/mol. The number of halogens is 1. The van der Waals surface area contributed by atoms with Crippen LogP contribution in [0.25, 0.3) is 10.9 Å². The van der Waals surface area contributed by atoms with Crippen LogP contribution >= 0.6 is 22.6 Å². The molecule has 3 heterocycles. The van der Waals surface area contributed by atoms with Crippen LogP contribution in [0.2, 0.25) is 0 Å². The maximum absolute atomic E-state index is 12.0. The third-order valence-corrected chi connectivity index (χ3v) is 4.52. The molecule has 3 rings (SSSR count). The summed E-state index contributed by atoms with van der Waals surface area (Å²) in [5.41, 5.74) is 0.838. The highest BCUT2D eigenvalue weighted by Crippen LogP contribution is 2.22. The van der Waals surface area contributed by atoms with E-state index in [2.05, 4.69) is 43.7 Å². The normalized spacial score (nSPS) is 17.4. The molecule has 0 aromatic carbocycles. The average Bonchev–Trinajstić information content (AvgIpc) is 2.69. The molecule has 1 aliphatic rings. The first-order valence-electron chi connectivity index (χ1n) is 6.32. The number of H-pyrrole nitrogens is 1. The molecule has 18 heavy (non-hydrogen) atoms. The van der Waals surface area contributed by atoms with Gasteiger partial charge >= 0.3 is 0 Å². The van der Waals surface area contributed by atoms with Crippen molar-refractivity contribution >= 4 is 33.5 Å². The smallest absolute Gasteiger partial charge is 0.272 e. The van der Waals surface area contributed by atoms with Crippen molar-refractivity contribution in [1.29, 1.82) is 0 Å². The Labute approximate surface area is 119 Å². The summed E-state index contributed by atoms with van der Waals surface area (Å²) < 4.78 is 3.29. The van der Waals surface area contributed by atoms with Gasteiger partial charge in [-0.05, 0) is 60.5 Å². The Morgan fingerprint density at radius 1 is 1.39 bits per heavy atom. The number of hydrogen-bond acceptors (Lipinski definition) is 2. The van der Waals surface area contributed by atoms with Gasteiger partial charge in [0.25, 0.3) is 5.56 Å². The van der Waals surface area contributed by atoms with E-state index in [9.17, 15) is 4.79 Å². The number of nitrogens with one attached hydrogen (secondary N) is 2. The van der Waals surface area contributed by atoms with E-state index in [4.69, 9.17) is 0 Å². The van der Waals surface area contributed by atoms with Gasteiger partial charge in [-0.2, -0.15) is 0 Å². The highest BCUT2D eigenvalue weighted by molar-refractivity contribution is 14.1. The Kier molecular flexibility index (Phi) is 3.43. The molecule has 5 heteroatoms. The fourth-order valence-electron chi connectivity index (χ4n) is 2.71. The summed E-state index contributed by atoms with van der Waals surface area (Å²) in [7, 11) is 0. The van der Waals surface area contributed by atoms with Gasteiger partial charge in [0.05, 0.1) is 0 Å². The third kappa shape index (κ3) is 2.21. The van der Waals surface area contributed by atoms with Crippen molar-refractivity contribution in [2.24, 2.45) is 5.92 Å². The second-order valence-electron chi connectivity index (χ2n) is 4.89. The Morgan fingerprint density at radius 3 is 2.94 bits per heavy atom. The average molecular weight is 357 g/mol. The van der Waals surface area contributed by atoms with E-state index in [0.29, 0.717) is 5.92 Å². The minimum atomic E-state index is 0.0179. The Hall–Kier alpha value is -0.820. The lowest BCUT2D eigenvalue weighted by Crippen LogP contribution is -2.30. The van der Waals surface area contributed by atoms with Gasteiger partial charge in [0.1, 0.15) is 5.52 Å². The molecule has 0 saturated carbocycles. The van der Waals surface area contributed by atoms with Crippen LogP contribution in [0, 0.1) is 9.49 Å². The molecule has 0 radical (unpaired) electrons. The summed E-state index contributed by atoms with van der Waals surface area (Å²) in [6, 6.07) is 1.98. The molecule has 1 fully saturated rings. The number of piperidine rings is 1.